The fourth-order valence-corrected chi connectivity index (χ4v) is 3.32. The molecule has 5 nitrogen and oxygen atoms in total. The molecule has 0 bridgehead atoms. The molecule has 1 saturated heterocycles. The smallest absolute Gasteiger partial charge is 0.152 e. The van der Waals surface area contributed by atoms with Gasteiger partial charge in [0, 0.05) is 24.3 Å². The highest BCUT2D eigenvalue weighted by Gasteiger charge is 2.19. The zero-order chi connectivity index (χ0) is 13.2. The molecule has 6 heteroatoms. The number of nitrogens with one attached hydrogen (secondary N) is 1. The summed E-state index contributed by atoms with van der Waals surface area (Å²) in [4.78, 5) is 2.06. The second-order valence-electron chi connectivity index (χ2n) is 4.45. The molecule has 1 aromatic carbocycles. The molecule has 0 radical (unpaired) electrons. The first-order valence-corrected chi connectivity index (χ1v) is 7.70. The maximum atomic E-state index is 11.5. The number of amidine groups is 1. The minimum atomic E-state index is -2.88. The summed E-state index contributed by atoms with van der Waals surface area (Å²) in [6.07, 6.45) is 0.663. The SMILES string of the molecule is N=C(N)c1ccc(N2CCCS(=O)(=O)CC2)cc1. The van der Waals surface area contributed by atoms with Crippen LogP contribution in [-0.2, 0) is 9.84 Å². The van der Waals surface area contributed by atoms with Crippen molar-refractivity contribution in [2.75, 3.05) is 29.5 Å². The van der Waals surface area contributed by atoms with E-state index in [1.807, 2.05) is 12.1 Å². The van der Waals surface area contributed by atoms with Crippen LogP contribution < -0.4 is 10.6 Å². The summed E-state index contributed by atoms with van der Waals surface area (Å²) in [5.74, 6) is 0.524. The van der Waals surface area contributed by atoms with Crippen molar-refractivity contribution in [1.82, 2.24) is 0 Å². The number of nitrogen functional groups attached to an aromatic ring is 1. The van der Waals surface area contributed by atoms with Gasteiger partial charge in [0.2, 0.25) is 0 Å². The van der Waals surface area contributed by atoms with E-state index in [2.05, 4.69) is 4.90 Å². The molecule has 1 aromatic rings. The van der Waals surface area contributed by atoms with Crippen LogP contribution in [0.15, 0.2) is 24.3 Å². The third kappa shape index (κ3) is 3.01. The average Bonchev–Trinajstić information content (AvgIpc) is 2.50. The Morgan fingerprint density at radius 3 is 2.44 bits per heavy atom. The lowest BCUT2D eigenvalue weighted by atomic mass is 10.2. The molecule has 0 aromatic heterocycles. The summed E-state index contributed by atoms with van der Waals surface area (Å²) < 4.78 is 23.0. The van der Waals surface area contributed by atoms with Crippen LogP contribution in [0.2, 0.25) is 0 Å². The van der Waals surface area contributed by atoms with Crippen LogP contribution in [0.25, 0.3) is 0 Å². The molecule has 1 fully saturated rings. The van der Waals surface area contributed by atoms with E-state index in [1.165, 1.54) is 0 Å². The molecule has 1 aliphatic rings. The molecule has 0 saturated carbocycles. The van der Waals surface area contributed by atoms with Crippen molar-refractivity contribution in [3.05, 3.63) is 29.8 Å². The van der Waals surface area contributed by atoms with Gasteiger partial charge < -0.3 is 10.6 Å². The molecular weight excluding hydrogens is 250 g/mol. The molecule has 1 aliphatic heterocycles. The van der Waals surface area contributed by atoms with Gasteiger partial charge in [-0.15, -0.1) is 0 Å². The third-order valence-electron chi connectivity index (χ3n) is 3.10. The number of anilines is 1. The highest BCUT2D eigenvalue weighted by atomic mass is 32.2. The molecule has 98 valence electrons. The van der Waals surface area contributed by atoms with Crippen LogP contribution in [-0.4, -0.2) is 38.8 Å². The molecule has 0 amide bonds. The summed E-state index contributed by atoms with van der Waals surface area (Å²) in [7, 11) is -2.88. The third-order valence-corrected chi connectivity index (χ3v) is 4.81. The summed E-state index contributed by atoms with van der Waals surface area (Å²) in [5.41, 5.74) is 7.06. The van der Waals surface area contributed by atoms with Gasteiger partial charge in [0.25, 0.3) is 0 Å². The standard InChI is InChI=1S/C12H17N3O2S/c13-12(14)10-2-4-11(5-3-10)15-6-1-8-18(16,17)9-7-15/h2-5H,1,6-9H2,(H3,13,14). The van der Waals surface area contributed by atoms with Gasteiger partial charge in [-0.3, -0.25) is 5.41 Å². The number of rotatable bonds is 2. The first kappa shape index (κ1) is 12.9. The number of benzene rings is 1. The van der Waals surface area contributed by atoms with E-state index in [4.69, 9.17) is 11.1 Å². The van der Waals surface area contributed by atoms with Crippen LogP contribution >= 0.6 is 0 Å². The Kier molecular flexibility index (Phi) is 3.56. The van der Waals surface area contributed by atoms with Crippen LogP contribution in [0.5, 0.6) is 0 Å². The van der Waals surface area contributed by atoms with Crippen molar-refractivity contribution in [3.63, 3.8) is 0 Å². The van der Waals surface area contributed by atoms with Crippen molar-refractivity contribution < 1.29 is 8.42 Å². The maximum Gasteiger partial charge on any atom is 0.152 e. The van der Waals surface area contributed by atoms with Crippen molar-refractivity contribution in [3.8, 4) is 0 Å². The minimum absolute atomic E-state index is 0.0417. The molecule has 0 aliphatic carbocycles. The topological polar surface area (TPSA) is 87.2 Å². The van der Waals surface area contributed by atoms with E-state index in [-0.39, 0.29) is 17.3 Å². The highest BCUT2D eigenvalue weighted by Crippen LogP contribution is 2.17. The Labute approximate surface area is 107 Å². The van der Waals surface area contributed by atoms with Gasteiger partial charge >= 0.3 is 0 Å². The summed E-state index contributed by atoms with van der Waals surface area (Å²) in [6.45, 7) is 1.28. The first-order chi connectivity index (χ1) is 8.48. The van der Waals surface area contributed by atoms with E-state index in [1.54, 1.807) is 12.1 Å². The van der Waals surface area contributed by atoms with E-state index < -0.39 is 9.84 Å². The van der Waals surface area contributed by atoms with Crippen LogP contribution in [0.1, 0.15) is 12.0 Å². The molecule has 0 spiro atoms. The second-order valence-corrected chi connectivity index (χ2v) is 6.76. The average molecular weight is 267 g/mol. The van der Waals surface area contributed by atoms with Crippen LogP contribution in [0.4, 0.5) is 5.69 Å². The van der Waals surface area contributed by atoms with Crippen LogP contribution in [0, 0.1) is 5.41 Å². The predicted molar refractivity (Wildman–Crippen MR) is 72.9 cm³/mol. The molecule has 3 N–H and O–H groups in total. The fraction of sp³-hybridized carbons (Fsp3) is 0.417. The van der Waals surface area contributed by atoms with E-state index in [9.17, 15) is 8.42 Å². The Hall–Kier alpha value is -1.56. The molecule has 0 unspecified atom stereocenters. The van der Waals surface area contributed by atoms with Crippen LogP contribution in [0.3, 0.4) is 0 Å². The fourth-order valence-electron chi connectivity index (χ4n) is 2.05. The lowest BCUT2D eigenvalue weighted by Gasteiger charge is -2.22. The van der Waals surface area contributed by atoms with Crippen molar-refractivity contribution in [2.24, 2.45) is 5.73 Å². The highest BCUT2D eigenvalue weighted by molar-refractivity contribution is 7.91. The van der Waals surface area contributed by atoms with E-state index >= 15 is 0 Å². The van der Waals surface area contributed by atoms with E-state index in [0.29, 0.717) is 18.5 Å². The summed E-state index contributed by atoms with van der Waals surface area (Å²) in [6, 6.07) is 7.34. The van der Waals surface area contributed by atoms with Gasteiger partial charge in [0.15, 0.2) is 9.84 Å². The van der Waals surface area contributed by atoms with Gasteiger partial charge in [0.1, 0.15) is 5.84 Å². The molecular formula is C12H17N3O2S. The van der Waals surface area contributed by atoms with Gasteiger partial charge in [-0.25, -0.2) is 8.42 Å². The summed E-state index contributed by atoms with van der Waals surface area (Å²) >= 11 is 0. The second kappa shape index (κ2) is 4.97. The molecule has 0 atom stereocenters. The Morgan fingerprint density at radius 1 is 1.17 bits per heavy atom. The zero-order valence-electron chi connectivity index (χ0n) is 10.1. The first-order valence-electron chi connectivity index (χ1n) is 5.88. The number of nitrogens with two attached hydrogens (primary N) is 1. The van der Waals surface area contributed by atoms with Crippen molar-refractivity contribution in [2.45, 2.75) is 6.42 Å². The zero-order valence-corrected chi connectivity index (χ0v) is 10.9. The van der Waals surface area contributed by atoms with Gasteiger partial charge in [-0.1, -0.05) is 0 Å². The van der Waals surface area contributed by atoms with Gasteiger partial charge in [-0.05, 0) is 30.7 Å². The monoisotopic (exact) mass is 267 g/mol. The number of hydrogen-bond acceptors (Lipinski definition) is 4. The lowest BCUT2D eigenvalue weighted by molar-refractivity contribution is 0.597. The molecule has 2 rings (SSSR count). The lowest BCUT2D eigenvalue weighted by Crippen LogP contribution is -2.26. The molecule has 18 heavy (non-hydrogen) atoms. The predicted octanol–water partition coefficient (Wildman–Crippen LogP) is 0.596. The van der Waals surface area contributed by atoms with Crippen molar-refractivity contribution in [1.29, 1.82) is 5.41 Å². The quantitative estimate of drug-likeness (QED) is 0.606. The van der Waals surface area contributed by atoms with E-state index in [0.717, 1.165) is 12.2 Å². The largest absolute Gasteiger partial charge is 0.384 e. The maximum absolute atomic E-state index is 11.5. The Morgan fingerprint density at radius 2 is 1.83 bits per heavy atom. The van der Waals surface area contributed by atoms with Crippen molar-refractivity contribution >= 4 is 21.4 Å². The minimum Gasteiger partial charge on any atom is -0.384 e. The van der Waals surface area contributed by atoms with Gasteiger partial charge in [-0.2, -0.15) is 0 Å². The Balaban J connectivity index is 2.14. The number of sulfone groups is 1. The number of nitrogens with zero attached hydrogens (tertiary/aromatic N) is 1. The normalized spacial score (nSPS) is 19.2. The molecule has 1 heterocycles. The summed E-state index contributed by atoms with van der Waals surface area (Å²) in [5, 5.41) is 7.32. The number of hydrogen-bond donors (Lipinski definition) is 2. The van der Waals surface area contributed by atoms with Gasteiger partial charge in [0.05, 0.1) is 11.5 Å². The Bertz CT molecular complexity index is 537.